The number of nitrogens with one attached hydrogen (secondary N) is 1. The minimum Gasteiger partial charge on any atom is -0.392 e. The van der Waals surface area contributed by atoms with Crippen molar-refractivity contribution in [2.75, 3.05) is 36.8 Å². The fourth-order valence-corrected chi connectivity index (χ4v) is 2.94. The molecule has 8 heteroatoms. The van der Waals surface area contributed by atoms with Gasteiger partial charge in [0.15, 0.2) is 5.82 Å². The minimum absolute atomic E-state index is 0.150. The standard InChI is InChI=1S/C13H22N6OS/c1-2-3-9(11(15)21)18-4-6-19(7-5-18)12-10(14)13(20)17-8-16-12/h8-9H,2-7,14H2,1H3,(H2,15,21)(H,16,17,20). The first-order valence-corrected chi connectivity index (χ1v) is 7.57. The maximum absolute atomic E-state index is 11.5. The number of piperazine rings is 1. The first kappa shape index (κ1) is 15.7. The van der Waals surface area contributed by atoms with Gasteiger partial charge in [-0.2, -0.15) is 0 Å². The van der Waals surface area contributed by atoms with Gasteiger partial charge in [-0.3, -0.25) is 9.69 Å². The maximum Gasteiger partial charge on any atom is 0.276 e. The summed E-state index contributed by atoms with van der Waals surface area (Å²) >= 11 is 5.17. The van der Waals surface area contributed by atoms with Crippen molar-refractivity contribution in [1.29, 1.82) is 0 Å². The number of nitrogens with zero attached hydrogens (tertiary/aromatic N) is 3. The molecule has 0 saturated carbocycles. The van der Waals surface area contributed by atoms with Crippen LogP contribution in [0.15, 0.2) is 11.1 Å². The lowest BCUT2D eigenvalue weighted by atomic mass is 10.1. The van der Waals surface area contributed by atoms with Crippen LogP contribution >= 0.6 is 12.2 Å². The number of H-pyrrole nitrogens is 1. The molecule has 1 fully saturated rings. The molecule has 2 heterocycles. The van der Waals surface area contributed by atoms with E-state index in [0.717, 1.165) is 39.0 Å². The van der Waals surface area contributed by atoms with Crippen LogP contribution in [0, 0.1) is 0 Å². The van der Waals surface area contributed by atoms with Crippen molar-refractivity contribution < 1.29 is 0 Å². The lowest BCUT2D eigenvalue weighted by Gasteiger charge is -2.39. The maximum atomic E-state index is 11.5. The van der Waals surface area contributed by atoms with Gasteiger partial charge in [-0.15, -0.1) is 0 Å². The van der Waals surface area contributed by atoms with E-state index >= 15 is 0 Å². The largest absolute Gasteiger partial charge is 0.392 e. The van der Waals surface area contributed by atoms with Crippen LogP contribution < -0.4 is 21.9 Å². The van der Waals surface area contributed by atoms with E-state index in [-0.39, 0.29) is 17.3 Å². The first-order chi connectivity index (χ1) is 10.0. The van der Waals surface area contributed by atoms with E-state index in [2.05, 4.69) is 21.8 Å². The van der Waals surface area contributed by atoms with Gasteiger partial charge >= 0.3 is 0 Å². The van der Waals surface area contributed by atoms with Gasteiger partial charge in [-0.05, 0) is 6.42 Å². The monoisotopic (exact) mass is 310 g/mol. The van der Waals surface area contributed by atoms with E-state index in [1.54, 1.807) is 0 Å². The molecule has 0 aromatic carbocycles. The van der Waals surface area contributed by atoms with Gasteiger partial charge < -0.3 is 21.4 Å². The molecule has 116 valence electrons. The highest BCUT2D eigenvalue weighted by Crippen LogP contribution is 2.19. The Kier molecular flexibility index (Phi) is 5.13. The molecule has 21 heavy (non-hydrogen) atoms. The summed E-state index contributed by atoms with van der Waals surface area (Å²) < 4.78 is 0. The van der Waals surface area contributed by atoms with E-state index in [9.17, 15) is 4.79 Å². The Bertz CT molecular complexity index is 552. The molecular formula is C13H22N6OS. The topological polar surface area (TPSA) is 104 Å². The predicted octanol–water partition coefficient (Wildman–Crippen LogP) is -0.0711. The zero-order chi connectivity index (χ0) is 15.4. The summed E-state index contributed by atoms with van der Waals surface area (Å²) in [5, 5.41) is 0. The first-order valence-electron chi connectivity index (χ1n) is 7.16. The number of nitrogen functional groups attached to an aromatic ring is 1. The number of hydrogen-bond acceptors (Lipinski definition) is 6. The highest BCUT2D eigenvalue weighted by atomic mass is 32.1. The van der Waals surface area contributed by atoms with Crippen molar-refractivity contribution in [2.24, 2.45) is 5.73 Å². The molecule has 0 aliphatic carbocycles. The van der Waals surface area contributed by atoms with Gasteiger partial charge in [0.1, 0.15) is 5.69 Å². The molecule has 1 aromatic rings. The third-order valence-corrected chi connectivity index (χ3v) is 4.09. The van der Waals surface area contributed by atoms with Crippen LogP contribution in [0.1, 0.15) is 19.8 Å². The molecule has 1 saturated heterocycles. The fraction of sp³-hybridized carbons (Fsp3) is 0.615. The molecule has 5 N–H and O–H groups in total. The van der Waals surface area contributed by atoms with E-state index in [0.29, 0.717) is 10.8 Å². The molecule has 7 nitrogen and oxygen atoms in total. The number of anilines is 2. The highest BCUT2D eigenvalue weighted by Gasteiger charge is 2.26. The SMILES string of the molecule is CCCC(C(N)=S)N1CCN(c2nc[nH]c(=O)c2N)CC1. The van der Waals surface area contributed by atoms with E-state index in [1.165, 1.54) is 6.33 Å². The van der Waals surface area contributed by atoms with Crippen molar-refractivity contribution in [2.45, 2.75) is 25.8 Å². The van der Waals surface area contributed by atoms with Crippen LogP contribution in [0.5, 0.6) is 0 Å². The Balaban J connectivity index is 2.04. The summed E-state index contributed by atoms with van der Waals surface area (Å²) in [5.41, 5.74) is 11.5. The van der Waals surface area contributed by atoms with Gasteiger partial charge in [0.2, 0.25) is 0 Å². The van der Waals surface area contributed by atoms with Crippen LogP contribution in [0.3, 0.4) is 0 Å². The summed E-state index contributed by atoms with van der Waals surface area (Å²) in [6.45, 7) is 5.29. The van der Waals surface area contributed by atoms with Crippen LogP contribution in [-0.4, -0.2) is 52.1 Å². The zero-order valence-corrected chi connectivity index (χ0v) is 13.0. The van der Waals surface area contributed by atoms with Crippen molar-refractivity contribution in [1.82, 2.24) is 14.9 Å². The molecule has 1 atom stereocenters. The number of aromatic nitrogens is 2. The number of nitrogens with two attached hydrogens (primary N) is 2. The van der Waals surface area contributed by atoms with Gasteiger partial charge in [-0.1, -0.05) is 25.6 Å². The summed E-state index contributed by atoms with van der Waals surface area (Å²) in [7, 11) is 0. The van der Waals surface area contributed by atoms with Crippen molar-refractivity contribution in [3.63, 3.8) is 0 Å². The second kappa shape index (κ2) is 6.86. The number of rotatable bonds is 5. The van der Waals surface area contributed by atoms with Crippen molar-refractivity contribution in [3.8, 4) is 0 Å². The summed E-state index contributed by atoms with van der Waals surface area (Å²) in [5.74, 6) is 0.556. The zero-order valence-electron chi connectivity index (χ0n) is 12.2. The van der Waals surface area contributed by atoms with Crippen LogP contribution in [0.2, 0.25) is 0 Å². The molecule has 0 spiro atoms. The molecule has 1 unspecified atom stereocenters. The Labute approximate surface area is 129 Å². The van der Waals surface area contributed by atoms with Crippen LogP contribution in [0.25, 0.3) is 0 Å². The number of aromatic amines is 1. The smallest absolute Gasteiger partial charge is 0.276 e. The fourth-order valence-electron chi connectivity index (χ4n) is 2.68. The molecule has 0 radical (unpaired) electrons. The molecule has 2 rings (SSSR count). The Hall–Kier alpha value is -1.67. The predicted molar refractivity (Wildman–Crippen MR) is 88.5 cm³/mol. The lowest BCUT2D eigenvalue weighted by Crippen LogP contribution is -2.54. The molecule has 1 aliphatic heterocycles. The number of hydrogen-bond donors (Lipinski definition) is 3. The van der Waals surface area contributed by atoms with Gasteiger partial charge in [0, 0.05) is 26.2 Å². The summed E-state index contributed by atoms with van der Waals surface area (Å²) in [6.07, 6.45) is 3.40. The summed E-state index contributed by atoms with van der Waals surface area (Å²) in [4.78, 5) is 23.1. The minimum atomic E-state index is -0.297. The number of thiocarbonyl (C=S) groups is 1. The highest BCUT2D eigenvalue weighted by molar-refractivity contribution is 7.80. The summed E-state index contributed by atoms with van der Waals surface area (Å²) in [6, 6.07) is 0.150. The van der Waals surface area contributed by atoms with Gasteiger partial charge in [0.25, 0.3) is 5.56 Å². The second-order valence-corrected chi connectivity index (χ2v) is 5.67. The second-order valence-electron chi connectivity index (χ2n) is 5.20. The Morgan fingerprint density at radius 3 is 2.71 bits per heavy atom. The molecular weight excluding hydrogens is 288 g/mol. The quantitative estimate of drug-likeness (QED) is 0.654. The van der Waals surface area contributed by atoms with Gasteiger partial charge in [-0.25, -0.2) is 4.98 Å². The lowest BCUT2D eigenvalue weighted by molar-refractivity contribution is 0.219. The normalized spacial score (nSPS) is 17.7. The van der Waals surface area contributed by atoms with Crippen molar-refractivity contribution >= 4 is 28.7 Å². The van der Waals surface area contributed by atoms with Gasteiger partial charge in [0.05, 0.1) is 17.4 Å². The van der Waals surface area contributed by atoms with E-state index in [1.807, 2.05) is 4.90 Å². The average Bonchev–Trinajstić information content (AvgIpc) is 2.48. The third-order valence-electron chi connectivity index (χ3n) is 3.81. The third kappa shape index (κ3) is 3.51. The molecule has 0 amide bonds. The van der Waals surface area contributed by atoms with E-state index in [4.69, 9.17) is 23.7 Å². The molecule has 1 aromatic heterocycles. The van der Waals surface area contributed by atoms with E-state index < -0.39 is 0 Å². The average molecular weight is 310 g/mol. The van der Waals surface area contributed by atoms with Crippen LogP contribution in [0.4, 0.5) is 11.5 Å². The van der Waals surface area contributed by atoms with Crippen LogP contribution in [-0.2, 0) is 0 Å². The molecule has 0 bridgehead atoms. The molecule has 1 aliphatic rings. The van der Waals surface area contributed by atoms with Crippen molar-refractivity contribution in [3.05, 3.63) is 16.7 Å². The Morgan fingerprint density at radius 1 is 1.48 bits per heavy atom. The Morgan fingerprint density at radius 2 is 2.14 bits per heavy atom.